The van der Waals surface area contributed by atoms with E-state index in [0.29, 0.717) is 54.0 Å². The summed E-state index contributed by atoms with van der Waals surface area (Å²) >= 11 is -2.51. The Morgan fingerprint density at radius 1 is 1.15 bits per heavy atom. The maximum absolute atomic E-state index is 15.8. The lowest BCUT2D eigenvalue weighted by atomic mass is 10.0. The molecule has 3 aliphatic heterocycles. The Balaban J connectivity index is 1.76. The molecule has 1 N–H and O–H groups in total. The fraction of sp³-hybridized carbons (Fsp3) is 0.318. The lowest BCUT2D eigenvalue weighted by molar-refractivity contribution is 0.310. The molecule has 1 saturated heterocycles. The first-order valence-electron chi connectivity index (χ1n) is 10.5. The van der Waals surface area contributed by atoms with Crippen LogP contribution >= 0.6 is 0 Å². The molecule has 0 amide bonds. The molecule has 33 heavy (non-hydrogen) atoms. The lowest BCUT2D eigenvalue weighted by Crippen LogP contribution is -2.45. The van der Waals surface area contributed by atoms with Gasteiger partial charge in [-0.05, 0) is 31.3 Å². The van der Waals surface area contributed by atoms with Crippen molar-refractivity contribution in [2.75, 3.05) is 49.5 Å². The maximum atomic E-state index is 15.8. The molecule has 7 nitrogen and oxygen atoms in total. The molecular weight excluding hydrogens is 455 g/mol. The van der Waals surface area contributed by atoms with Gasteiger partial charge in [0.15, 0.2) is 5.82 Å². The number of anilines is 2. The van der Waals surface area contributed by atoms with Gasteiger partial charge in [0.2, 0.25) is 0 Å². The summed E-state index contributed by atoms with van der Waals surface area (Å²) in [6.45, 7) is 1.47. The quantitative estimate of drug-likeness (QED) is 0.446. The Bertz CT molecular complexity index is 1350. The monoisotopic (exact) mass is 476 g/mol. The third-order valence-electron chi connectivity index (χ3n) is 6.12. The molecule has 0 aromatic heterocycles. The third-order valence-corrected chi connectivity index (χ3v) is 6.52. The lowest BCUT2D eigenvalue weighted by Gasteiger charge is -2.34. The Hall–Kier alpha value is -2.89. The van der Waals surface area contributed by atoms with Crippen LogP contribution in [-0.2, 0) is 17.8 Å². The van der Waals surface area contributed by atoms with E-state index in [2.05, 4.69) is 14.6 Å². The second kappa shape index (κ2) is 8.47. The highest BCUT2D eigenvalue weighted by molar-refractivity contribution is 7.80. The smallest absolute Gasteiger partial charge is 0.173 e. The third kappa shape index (κ3) is 3.79. The van der Waals surface area contributed by atoms with Gasteiger partial charge in [0.25, 0.3) is 0 Å². The van der Waals surface area contributed by atoms with E-state index >= 15 is 8.78 Å². The number of halogens is 3. The number of rotatable bonds is 5. The summed E-state index contributed by atoms with van der Waals surface area (Å²) in [6.07, 6.45) is 1.60. The normalized spacial score (nSPS) is 16.2. The first-order chi connectivity index (χ1) is 15.9. The maximum Gasteiger partial charge on any atom is 0.173 e. The molecule has 0 spiro atoms. The van der Waals surface area contributed by atoms with Crippen molar-refractivity contribution < 1.29 is 21.9 Å². The summed E-state index contributed by atoms with van der Waals surface area (Å²) in [5.74, 6) is -1.43. The van der Waals surface area contributed by atoms with Crippen molar-refractivity contribution in [3.05, 3.63) is 42.1 Å². The summed E-state index contributed by atoms with van der Waals surface area (Å²) in [5, 5.41) is 0.839. The van der Waals surface area contributed by atoms with Crippen LogP contribution in [0.5, 0.6) is 0 Å². The molecule has 0 aliphatic carbocycles. The van der Waals surface area contributed by atoms with E-state index in [4.69, 9.17) is 0 Å². The van der Waals surface area contributed by atoms with Gasteiger partial charge in [0, 0.05) is 65.7 Å². The minimum Gasteiger partial charge on any atom is -0.755 e. The summed E-state index contributed by atoms with van der Waals surface area (Å²) in [5.41, 5.74) is 1.77. The van der Waals surface area contributed by atoms with Crippen LogP contribution in [0, 0.1) is 11.6 Å². The minimum atomic E-state index is -2.51. The first-order valence-corrected chi connectivity index (χ1v) is 11.5. The number of hydrogen-bond donors (Lipinski definition) is 1. The number of fused-ring (bicyclic) bond motifs is 5. The van der Waals surface area contributed by atoms with E-state index < -0.39 is 29.6 Å². The van der Waals surface area contributed by atoms with E-state index in [1.807, 2.05) is 7.05 Å². The molecule has 1 atom stereocenters. The number of piperazine rings is 1. The molecular formula is C22H21F3N5O2S-. The Labute approximate surface area is 190 Å². The molecule has 3 heterocycles. The molecule has 3 aliphatic rings. The number of alkyl halides is 1. The second-order valence-electron chi connectivity index (χ2n) is 8.16. The van der Waals surface area contributed by atoms with Crippen molar-refractivity contribution in [1.82, 2.24) is 14.5 Å². The van der Waals surface area contributed by atoms with Gasteiger partial charge in [-0.25, -0.2) is 18.2 Å². The van der Waals surface area contributed by atoms with Crippen molar-refractivity contribution >= 4 is 44.4 Å². The van der Waals surface area contributed by atoms with Crippen molar-refractivity contribution in [2.24, 2.45) is 0 Å². The highest BCUT2D eigenvalue weighted by Crippen LogP contribution is 2.41. The molecule has 0 radical (unpaired) electrons. The first kappa shape index (κ1) is 21.9. The summed E-state index contributed by atoms with van der Waals surface area (Å²) in [4.78, 5) is 8.33. The van der Waals surface area contributed by atoms with Gasteiger partial charge in [0.05, 0.1) is 23.3 Å². The number of nitrogens with zero attached hydrogens (tertiary/aromatic N) is 4. The van der Waals surface area contributed by atoms with Gasteiger partial charge in [0.1, 0.15) is 18.2 Å². The van der Waals surface area contributed by atoms with Gasteiger partial charge in [-0.1, -0.05) is 0 Å². The van der Waals surface area contributed by atoms with Gasteiger partial charge in [-0.3, -0.25) is 4.21 Å². The van der Waals surface area contributed by atoms with Crippen LogP contribution in [0.25, 0.3) is 33.1 Å². The average molecular weight is 477 g/mol. The van der Waals surface area contributed by atoms with E-state index in [1.165, 1.54) is 10.6 Å². The average Bonchev–Trinajstić information content (AvgIpc) is 3.13. The van der Waals surface area contributed by atoms with E-state index in [-0.39, 0.29) is 23.1 Å². The van der Waals surface area contributed by atoms with Gasteiger partial charge < -0.3 is 23.6 Å². The predicted octanol–water partition coefficient (Wildman–Crippen LogP) is 3.50. The van der Waals surface area contributed by atoms with E-state index in [1.54, 1.807) is 29.3 Å². The highest BCUT2D eigenvalue weighted by Gasteiger charge is 2.27. The summed E-state index contributed by atoms with van der Waals surface area (Å²) in [6, 6.07) is 6.04. The summed E-state index contributed by atoms with van der Waals surface area (Å²) < 4.78 is 70.3. The predicted molar refractivity (Wildman–Crippen MR) is 122 cm³/mol. The van der Waals surface area contributed by atoms with Crippen LogP contribution < -0.4 is 9.62 Å². The number of aryl methyl sites for hydroxylation is 1. The van der Waals surface area contributed by atoms with Crippen LogP contribution in [0.15, 0.2) is 30.5 Å². The Morgan fingerprint density at radius 2 is 1.91 bits per heavy atom. The number of benzene rings is 2. The van der Waals surface area contributed by atoms with Crippen LogP contribution in [0.2, 0.25) is 0 Å². The highest BCUT2D eigenvalue weighted by atomic mass is 32.2. The molecule has 1 unspecified atom stereocenters. The minimum absolute atomic E-state index is 0.0947. The fourth-order valence-electron chi connectivity index (χ4n) is 4.52. The van der Waals surface area contributed by atoms with Gasteiger partial charge in [-0.2, -0.15) is 0 Å². The van der Waals surface area contributed by atoms with Crippen molar-refractivity contribution in [3.8, 4) is 11.3 Å². The molecule has 2 aromatic rings. The number of nitrogens with one attached hydrogen (secondary N) is 1. The largest absolute Gasteiger partial charge is 0.755 e. The zero-order valence-corrected chi connectivity index (χ0v) is 18.6. The van der Waals surface area contributed by atoms with Crippen LogP contribution in [0.4, 0.5) is 24.5 Å². The molecule has 5 rings (SSSR count). The number of hydrogen-bond acceptors (Lipinski definition) is 5. The molecule has 0 bridgehead atoms. The zero-order valence-electron chi connectivity index (χ0n) is 17.8. The molecule has 174 valence electrons. The molecule has 11 heteroatoms. The van der Waals surface area contributed by atoms with Crippen LogP contribution in [0.3, 0.4) is 0 Å². The van der Waals surface area contributed by atoms with Gasteiger partial charge >= 0.3 is 0 Å². The molecule has 2 aromatic carbocycles. The topological polar surface area (TPSA) is 76.5 Å². The van der Waals surface area contributed by atoms with Crippen LogP contribution in [0.1, 0.15) is 0 Å². The molecule has 0 saturated carbocycles. The Kier molecular flexibility index (Phi) is 5.63. The van der Waals surface area contributed by atoms with Crippen LogP contribution in [-0.4, -0.2) is 63.1 Å². The zero-order chi connectivity index (χ0) is 23.3. The van der Waals surface area contributed by atoms with E-state index in [0.717, 1.165) is 0 Å². The van der Waals surface area contributed by atoms with Gasteiger partial charge in [-0.15, -0.1) is 0 Å². The Morgan fingerprint density at radius 3 is 2.61 bits per heavy atom. The number of pyridine rings is 1. The molecule has 1 fully saturated rings. The second-order valence-corrected chi connectivity index (χ2v) is 8.84. The summed E-state index contributed by atoms with van der Waals surface area (Å²) in [7, 11) is 1.96. The van der Waals surface area contributed by atoms with Crippen molar-refractivity contribution in [2.45, 2.75) is 6.54 Å². The standard InChI is InChI=1S/C22H22F3N5O2S/c1-28-6-8-29(9-7-28)22-17(24)11-15-20-16(12-30(5-4-23)21(15)19(22)25)14-10-13(27-33(31)32)2-3-18(14)26-20/h2-3,10-12,27H,4-9H2,1H3,(H,31,32)/p-1. The number of aromatic nitrogens is 2. The van der Waals surface area contributed by atoms with E-state index in [9.17, 15) is 13.2 Å². The number of likely N-dealkylation sites (N-methyl/N-ethyl adjacent to an activating group) is 1. The van der Waals surface area contributed by atoms with Crippen molar-refractivity contribution in [1.29, 1.82) is 0 Å². The SMILES string of the molecule is CN1CCN(c2c(F)cc3c4nc5ccc(NS(=O)[O-])cc5c-4cn(CCF)c3c2F)CC1. The fourth-order valence-corrected chi connectivity index (χ4v) is 4.84. The van der Waals surface area contributed by atoms with Crippen molar-refractivity contribution in [3.63, 3.8) is 0 Å².